The van der Waals surface area contributed by atoms with Gasteiger partial charge in [-0.05, 0) is 62.3 Å². The molecule has 2 fully saturated rings. The van der Waals surface area contributed by atoms with Crippen molar-refractivity contribution in [2.24, 2.45) is 11.1 Å². The maximum atomic E-state index is 12.7. The van der Waals surface area contributed by atoms with Crippen molar-refractivity contribution in [1.29, 1.82) is 0 Å². The van der Waals surface area contributed by atoms with E-state index in [1.165, 1.54) is 12.5 Å². The fraction of sp³-hybridized carbons (Fsp3) is 0.533. The van der Waals surface area contributed by atoms with Gasteiger partial charge in [-0.3, -0.25) is 4.79 Å². The van der Waals surface area contributed by atoms with Crippen LogP contribution in [0, 0.1) is 19.8 Å². The zero-order chi connectivity index (χ0) is 15.4. The molecule has 21 heavy (non-hydrogen) atoms. The number of likely N-dealkylation sites (tertiary alicyclic amines) is 1. The number of fused-ring (bicyclic) bond motifs is 2. The van der Waals surface area contributed by atoms with Crippen LogP contribution in [-0.4, -0.2) is 31.8 Å². The highest BCUT2D eigenvalue weighted by molar-refractivity contribution is 7.89. The molecule has 1 aromatic rings. The number of piperidine rings is 1. The standard InChI is InChI=1S/C15H20N2O3S/c1-9-5-12(7-14(10(9)2)21(16,19)20)15(18)17-8-11-3-4-13(17)6-11/h5,7,11,13H,3-4,6,8H2,1-2H3,(H2,16,19,20). The molecule has 6 heteroatoms. The number of nitrogens with zero attached hydrogens (tertiary/aromatic N) is 1. The second-order valence-electron chi connectivity index (χ2n) is 6.25. The SMILES string of the molecule is Cc1cc(C(=O)N2CC3CCC2C3)cc(S(N)(=O)=O)c1C. The van der Waals surface area contributed by atoms with Crippen molar-refractivity contribution >= 4 is 15.9 Å². The predicted octanol–water partition coefficient (Wildman–Crippen LogP) is 1.58. The van der Waals surface area contributed by atoms with Gasteiger partial charge in [-0.1, -0.05) is 0 Å². The van der Waals surface area contributed by atoms with Crippen molar-refractivity contribution in [2.45, 2.75) is 44.0 Å². The molecule has 2 atom stereocenters. The normalized spacial score (nSPS) is 24.6. The van der Waals surface area contributed by atoms with Crippen LogP contribution in [0.15, 0.2) is 17.0 Å². The molecule has 1 saturated heterocycles. The summed E-state index contributed by atoms with van der Waals surface area (Å²) < 4.78 is 23.4. The van der Waals surface area contributed by atoms with Crippen molar-refractivity contribution in [3.05, 3.63) is 28.8 Å². The number of primary sulfonamides is 1. The average Bonchev–Trinajstić information content (AvgIpc) is 3.01. The van der Waals surface area contributed by atoms with Gasteiger partial charge in [0, 0.05) is 18.2 Å². The third kappa shape index (κ3) is 2.46. The number of hydrogen-bond donors (Lipinski definition) is 1. The summed E-state index contributed by atoms with van der Waals surface area (Å²) in [7, 11) is -3.82. The molecule has 2 unspecified atom stereocenters. The van der Waals surface area contributed by atoms with E-state index >= 15 is 0 Å². The van der Waals surface area contributed by atoms with Gasteiger partial charge < -0.3 is 4.90 Å². The summed E-state index contributed by atoms with van der Waals surface area (Å²) >= 11 is 0. The third-order valence-electron chi connectivity index (χ3n) is 4.84. The van der Waals surface area contributed by atoms with E-state index in [0.29, 0.717) is 23.1 Å². The number of carbonyl (C=O) groups is 1. The summed E-state index contributed by atoms with van der Waals surface area (Å²) in [4.78, 5) is 14.6. The van der Waals surface area contributed by atoms with Crippen molar-refractivity contribution < 1.29 is 13.2 Å². The number of aryl methyl sites for hydroxylation is 1. The van der Waals surface area contributed by atoms with Crippen molar-refractivity contribution in [3.63, 3.8) is 0 Å². The molecule has 1 heterocycles. The quantitative estimate of drug-likeness (QED) is 0.900. The molecule has 2 aliphatic rings. The highest BCUT2D eigenvalue weighted by Crippen LogP contribution is 2.38. The van der Waals surface area contributed by atoms with E-state index in [1.807, 2.05) is 4.90 Å². The predicted molar refractivity (Wildman–Crippen MR) is 79.5 cm³/mol. The van der Waals surface area contributed by atoms with Gasteiger partial charge in [0.1, 0.15) is 0 Å². The van der Waals surface area contributed by atoms with Gasteiger partial charge >= 0.3 is 0 Å². The Kier molecular flexibility index (Phi) is 3.33. The highest BCUT2D eigenvalue weighted by Gasteiger charge is 2.40. The summed E-state index contributed by atoms with van der Waals surface area (Å²) in [6.07, 6.45) is 3.34. The van der Waals surface area contributed by atoms with E-state index in [4.69, 9.17) is 5.14 Å². The first kappa shape index (κ1) is 14.5. The van der Waals surface area contributed by atoms with Crippen LogP contribution in [0.2, 0.25) is 0 Å². The molecule has 1 aliphatic heterocycles. The first-order valence-electron chi connectivity index (χ1n) is 7.22. The van der Waals surface area contributed by atoms with E-state index in [0.717, 1.165) is 24.9 Å². The number of hydrogen-bond acceptors (Lipinski definition) is 3. The van der Waals surface area contributed by atoms with Gasteiger partial charge in [0.25, 0.3) is 5.91 Å². The van der Waals surface area contributed by atoms with E-state index in [-0.39, 0.29) is 10.8 Å². The number of nitrogens with two attached hydrogens (primary N) is 1. The molecule has 3 rings (SSSR count). The summed E-state index contributed by atoms with van der Waals surface area (Å²) in [5, 5.41) is 5.26. The molecule has 2 N–H and O–H groups in total. The number of carbonyl (C=O) groups excluding carboxylic acids is 1. The number of amides is 1. The van der Waals surface area contributed by atoms with Crippen LogP contribution in [-0.2, 0) is 10.0 Å². The van der Waals surface area contributed by atoms with Crippen LogP contribution in [0.3, 0.4) is 0 Å². The van der Waals surface area contributed by atoms with Gasteiger partial charge in [0.15, 0.2) is 0 Å². The first-order valence-corrected chi connectivity index (χ1v) is 8.77. The topological polar surface area (TPSA) is 80.5 Å². The van der Waals surface area contributed by atoms with Crippen LogP contribution < -0.4 is 5.14 Å². The smallest absolute Gasteiger partial charge is 0.254 e. The number of benzene rings is 1. The van der Waals surface area contributed by atoms with E-state index in [2.05, 4.69) is 0 Å². The summed E-state index contributed by atoms with van der Waals surface area (Å²) in [5.41, 5.74) is 1.81. The van der Waals surface area contributed by atoms with Crippen molar-refractivity contribution in [3.8, 4) is 0 Å². The second-order valence-corrected chi connectivity index (χ2v) is 7.78. The molecule has 1 saturated carbocycles. The van der Waals surface area contributed by atoms with Gasteiger partial charge in [0.05, 0.1) is 4.90 Å². The van der Waals surface area contributed by atoms with E-state index in [1.54, 1.807) is 19.9 Å². The maximum absolute atomic E-state index is 12.7. The second kappa shape index (κ2) is 4.81. The van der Waals surface area contributed by atoms with Crippen molar-refractivity contribution in [2.75, 3.05) is 6.54 Å². The molecule has 2 bridgehead atoms. The Hall–Kier alpha value is -1.40. The van der Waals surface area contributed by atoms with Gasteiger partial charge in [-0.2, -0.15) is 0 Å². The van der Waals surface area contributed by atoms with Crippen LogP contribution in [0.25, 0.3) is 0 Å². The number of sulfonamides is 1. The fourth-order valence-electron chi connectivity index (χ4n) is 3.59. The Balaban J connectivity index is 1.99. The maximum Gasteiger partial charge on any atom is 0.254 e. The molecular formula is C15H20N2O3S. The minimum Gasteiger partial charge on any atom is -0.335 e. The molecule has 1 aliphatic carbocycles. The lowest BCUT2D eigenvalue weighted by Crippen LogP contribution is -2.37. The number of rotatable bonds is 2. The lowest BCUT2D eigenvalue weighted by Gasteiger charge is -2.27. The lowest BCUT2D eigenvalue weighted by molar-refractivity contribution is 0.0703. The largest absolute Gasteiger partial charge is 0.335 e. The summed E-state index contributed by atoms with van der Waals surface area (Å²) in [6, 6.07) is 3.51. The Labute approximate surface area is 125 Å². The zero-order valence-electron chi connectivity index (χ0n) is 12.3. The Morgan fingerprint density at radius 2 is 2.00 bits per heavy atom. The van der Waals surface area contributed by atoms with Gasteiger partial charge in [0.2, 0.25) is 10.0 Å². The van der Waals surface area contributed by atoms with Gasteiger partial charge in [-0.25, -0.2) is 13.6 Å². The lowest BCUT2D eigenvalue weighted by atomic mass is 10.0. The van der Waals surface area contributed by atoms with Crippen LogP contribution in [0.1, 0.15) is 40.7 Å². The average molecular weight is 308 g/mol. The molecule has 1 amide bonds. The molecule has 0 spiro atoms. The zero-order valence-corrected chi connectivity index (χ0v) is 13.1. The van der Waals surface area contributed by atoms with Crippen LogP contribution in [0.5, 0.6) is 0 Å². The van der Waals surface area contributed by atoms with Crippen LogP contribution in [0.4, 0.5) is 0 Å². The summed E-state index contributed by atoms with van der Waals surface area (Å²) in [6.45, 7) is 4.30. The Morgan fingerprint density at radius 1 is 1.29 bits per heavy atom. The van der Waals surface area contributed by atoms with Gasteiger partial charge in [-0.15, -0.1) is 0 Å². The van der Waals surface area contributed by atoms with E-state index < -0.39 is 10.0 Å². The van der Waals surface area contributed by atoms with Crippen LogP contribution >= 0.6 is 0 Å². The van der Waals surface area contributed by atoms with E-state index in [9.17, 15) is 13.2 Å². The minimum atomic E-state index is -3.82. The molecule has 0 aromatic heterocycles. The molecule has 5 nitrogen and oxygen atoms in total. The fourth-order valence-corrected chi connectivity index (χ4v) is 4.46. The summed E-state index contributed by atoms with van der Waals surface area (Å²) in [5.74, 6) is 0.540. The first-order chi connectivity index (χ1) is 9.77. The minimum absolute atomic E-state index is 0.0511. The molecular weight excluding hydrogens is 288 g/mol. The Bertz CT molecular complexity index is 712. The highest BCUT2D eigenvalue weighted by atomic mass is 32.2. The van der Waals surface area contributed by atoms with Crippen molar-refractivity contribution in [1.82, 2.24) is 4.90 Å². The molecule has 114 valence electrons. The Morgan fingerprint density at radius 3 is 2.52 bits per heavy atom. The molecule has 0 radical (unpaired) electrons. The third-order valence-corrected chi connectivity index (χ3v) is 5.88. The molecule has 1 aromatic carbocycles. The monoisotopic (exact) mass is 308 g/mol.